The highest BCUT2D eigenvalue weighted by molar-refractivity contribution is 7.21. The molecule has 3 aromatic rings. The summed E-state index contributed by atoms with van der Waals surface area (Å²) in [5, 5.41) is 4.18. The zero-order chi connectivity index (χ0) is 14.7. The minimum atomic E-state index is -0.283. The van der Waals surface area contributed by atoms with E-state index in [1.807, 2.05) is 25.2 Å². The smallest absolute Gasteiger partial charge is 0.124 e. The van der Waals surface area contributed by atoms with Gasteiger partial charge in [0.2, 0.25) is 0 Å². The number of nitrogens with zero attached hydrogens (tertiary/aromatic N) is 1. The second kappa shape index (κ2) is 6.22. The Morgan fingerprint density at radius 1 is 1.19 bits per heavy atom. The number of hydrogen-bond donors (Lipinski definition) is 1. The van der Waals surface area contributed by atoms with Crippen molar-refractivity contribution in [2.45, 2.75) is 12.8 Å². The molecule has 0 bridgehead atoms. The largest absolute Gasteiger partial charge is 0.388 e. The van der Waals surface area contributed by atoms with Crippen molar-refractivity contribution in [3.05, 3.63) is 48.0 Å². The number of aryl methyl sites for hydroxylation is 1. The molecule has 0 fully saturated rings. The SMILES string of the molecule is CNc1ccc(-c2nc3ccccc3s2)cc1CCCF. The van der Waals surface area contributed by atoms with Crippen LogP contribution in [-0.2, 0) is 6.42 Å². The van der Waals surface area contributed by atoms with Crippen molar-refractivity contribution < 1.29 is 4.39 Å². The molecule has 21 heavy (non-hydrogen) atoms. The number of benzene rings is 2. The van der Waals surface area contributed by atoms with Crippen molar-refractivity contribution in [1.29, 1.82) is 0 Å². The number of nitrogens with one attached hydrogen (secondary N) is 1. The van der Waals surface area contributed by atoms with Crippen molar-refractivity contribution in [2.24, 2.45) is 0 Å². The summed E-state index contributed by atoms with van der Waals surface area (Å²) < 4.78 is 13.6. The average Bonchev–Trinajstić information content (AvgIpc) is 2.96. The van der Waals surface area contributed by atoms with E-state index in [0.29, 0.717) is 6.42 Å². The van der Waals surface area contributed by atoms with Crippen LogP contribution in [0.15, 0.2) is 42.5 Å². The molecule has 0 atom stereocenters. The van der Waals surface area contributed by atoms with E-state index >= 15 is 0 Å². The number of fused-ring (bicyclic) bond motifs is 1. The standard InChI is InChI=1S/C17H17FN2S/c1-19-14-9-8-13(11-12(14)5-4-10-18)17-20-15-6-2-3-7-16(15)21-17/h2-3,6-9,11,19H,4-5,10H2,1H3. The maximum Gasteiger partial charge on any atom is 0.124 e. The number of alkyl halides is 1. The number of halogens is 1. The third-order valence-electron chi connectivity index (χ3n) is 3.50. The number of hydrogen-bond acceptors (Lipinski definition) is 3. The Morgan fingerprint density at radius 3 is 2.81 bits per heavy atom. The first-order valence-electron chi connectivity index (χ1n) is 7.04. The third kappa shape index (κ3) is 2.90. The molecule has 0 aliphatic rings. The molecule has 2 aromatic carbocycles. The molecule has 0 aliphatic carbocycles. The van der Waals surface area contributed by atoms with Gasteiger partial charge >= 0.3 is 0 Å². The molecule has 0 spiro atoms. The summed E-state index contributed by atoms with van der Waals surface area (Å²) in [5.74, 6) is 0. The summed E-state index contributed by atoms with van der Waals surface area (Å²) >= 11 is 1.69. The summed E-state index contributed by atoms with van der Waals surface area (Å²) in [7, 11) is 1.89. The number of thiazole rings is 1. The molecule has 0 amide bonds. The number of anilines is 1. The minimum Gasteiger partial charge on any atom is -0.388 e. The Labute approximate surface area is 127 Å². The second-order valence-corrected chi connectivity index (χ2v) is 5.93. The highest BCUT2D eigenvalue weighted by Crippen LogP contribution is 2.32. The predicted octanol–water partition coefficient (Wildman–Crippen LogP) is 4.91. The fourth-order valence-corrected chi connectivity index (χ4v) is 3.39. The maximum atomic E-state index is 12.4. The van der Waals surface area contributed by atoms with Gasteiger partial charge in [0.05, 0.1) is 16.9 Å². The van der Waals surface area contributed by atoms with Crippen LogP contribution < -0.4 is 5.32 Å². The molecule has 0 saturated carbocycles. The van der Waals surface area contributed by atoms with Gasteiger partial charge in [-0.25, -0.2) is 4.98 Å². The van der Waals surface area contributed by atoms with Gasteiger partial charge in [-0.2, -0.15) is 0 Å². The van der Waals surface area contributed by atoms with Crippen LogP contribution in [0.25, 0.3) is 20.8 Å². The van der Waals surface area contributed by atoms with Crippen molar-refractivity contribution in [3.8, 4) is 10.6 Å². The van der Waals surface area contributed by atoms with Crippen molar-refractivity contribution in [3.63, 3.8) is 0 Å². The third-order valence-corrected chi connectivity index (χ3v) is 4.58. The predicted molar refractivity (Wildman–Crippen MR) is 88.9 cm³/mol. The molecule has 1 heterocycles. The van der Waals surface area contributed by atoms with E-state index in [1.54, 1.807) is 11.3 Å². The Morgan fingerprint density at radius 2 is 2.05 bits per heavy atom. The van der Waals surface area contributed by atoms with Crippen molar-refractivity contribution in [2.75, 3.05) is 19.0 Å². The summed E-state index contributed by atoms with van der Waals surface area (Å²) in [6.45, 7) is -0.283. The zero-order valence-electron chi connectivity index (χ0n) is 11.9. The summed E-state index contributed by atoms with van der Waals surface area (Å²) in [6.07, 6.45) is 1.30. The van der Waals surface area contributed by atoms with E-state index in [2.05, 4.69) is 34.6 Å². The van der Waals surface area contributed by atoms with Crippen molar-refractivity contribution in [1.82, 2.24) is 4.98 Å². The minimum absolute atomic E-state index is 0.283. The van der Waals surface area contributed by atoms with E-state index in [4.69, 9.17) is 0 Å². The average molecular weight is 300 g/mol. The first kappa shape index (κ1) is 14.0. The van der Waals surface area contributed by atoms with Gasteiger partial charge in [0.15, 0.2) is 0 Å². The highest BCUT2D eigenvalue weighted by Gasteiger charge is 2.09. The van der Waals surface area contributed by atoms with Gasteiger partial charge < -0.3 is 5.32 Å². The molecule has 1 N–H and O–H groups in total. The second-order valence-electron chi connectivity index (χ2n) is 4.90. The lowest BCUT2D eigenvalue weighted by Crippen LogP contribution is -1.97. The maximum absolute atomic E-state index is 12.4. The van der Waals surface area contributed by atoms with Gasteiger partial charge in [-0.15, -0.1) is 11.3 Å². The first-order valence-corrected chi connectivity index (χ1v) is 7.86. The molecule has 0 saturated heterocycles. The molecule has 0 unspecified atom stereocenters. The van der Waals surface area contributed by atoms with E-state index < -0.39 is 0 Å². The first-order chi connectivity index (χ1) is 10.3. The molecule has 2 nitrogen and oxygen atoms in total. The Balaban J connectivity index is 2.01. The van der Waals surface area contributed by atoms with Gasteiger partial charge in [0.1, 0.15) is 5.01 Å². The fourth-order valence-electron chi connectivity index (χ4n) is 2.43. The Kier molecular flexibility index (Phi) is 4.15. The van der Waals surface area contributed by atoms with Crippen LogP contribution in [0.2, 0.25) is 0 Å². The number of para-hydroxylation sites is 1. The molecule has 108 valence electrons. The summed E-state index contributed by atoms with van der Waals surface area (Å²) in [5.41, 5.74) is 4.34. The lowest BCUT2D eigenvalue weighted by Gasteiger charge is -2.10. The van der Waals surface area contributed by atoms with Crippen molar-refractivity contribution >= 4 is 27.2 Å². The van der Waals surface area contributed by atoms with Crippen LogP contribution >= 0.6 is 11.3 Å². The van der Waals surface area contributed by atoms with Gasteiger partial charge in [0, 0.05) is 18.3 Å². The highest BCUT2D eigenvalue weighted by atomic mass is 32.1. The topological polar surface area (TPSA) is 24.9 Å². The summed E-state index contributed by atoms with van der Waals surface area (Å²) in [4.78, 5) is 4.68. The molecule has 0 aliphatic heterocycles. The lowest BCUT2D eigenvalue weighted by molar-refractivity contribution is 0.473. The normalized spacial score (nSPS) is 11.0. The number of rotatable bonds is 5. The zero-order valence-corrected chi connectivity index (χ0v) is 12.7. The van der Waals surface area contributed by atoms with E-state index in [9.17, 15) is 4.39 Å². The van der Waals surface area contributed by atoms with Crippen LogP contribution in [0.5, 0.6) is 0 Å². The van der Waals surface area contributed by atoms with Crippen LogP contribution in [0.4, 0.5) is 10.1 Å². The van der Waals surface area contributed by atoms with Crippen LogP contribution in [0, 0.1) is 0 Å². The van der Waals surface area contributed by atoms with Crippen LogP contribution in [0.3, 0.4) is 0 Å². The molecular formula is C17H17FN2S. The lowest BCUT2D eigenvalue weighted by atomic mass is 10.0. The fraction of sp³-hybridized carbons (Fsp3) is 0.235. The molecule has 0 radical (unpaired) electrons. The van der Waals surface area contributed by atoms with E-state index in [0.717, 1.165) is 33.8 Å². The number of aromatic nitrogens is 1. The van der Waals surface area contributed by atoms with E-state index in [1.165, 1.54) is 4.70 Å². The van der Waals surface area contributed by atoms with Crippen LogP contribution in [0.1, 0.15) is 12.0 Å². The molecule has 4 heteroatoms. The van der Waals surface area contributed by atoms with E-state index in [-0.39, 0.29) is 6.67 Å². The summed E-state index contributed by atoms with van der Waals surface area (Å²) in [6, 6.07) is 14.4. The quantitative estimate of drug-likeness (QED) is 0.724. The van der Waals surface area contributed by atoms with Crippen LogP contribution in [-0.4, -0.2) is 18.7 Å². The molecule has 1 aromatic heterocycles. The Bertz CT molecular complexity index is 718. The van der Waals surface area contributed by atoms with Gasteiger partial charge in [-0.1, -0.05) is 12.1 Å². The van der Waals surface area contributed by atoms with Gasteiger partial charge in [0.25, 0.3) is 0 Å². The Hall–Kier alpha value is -1.94. The molecule has 3 rings (SSSR count). The van der Waals surface area contributed by atoms with Gasteiger partial charge in [-0.3, -0.25) is 4.39 Å². The monoisotopic (exact) mass is 300 g/mol. The van der Waals surface area contributed by atoms with Gasteiger partial charge in [-0.05, 0) is 48.7 Å². The molecular weight excluding hydrogens is 283 g/mol.